The maximum absolute atomic E-state index is 13.5. The van der Waals surface area contributed by atoms with Gasteiger partial charge in [-0.3, -0.25) is 9.36 Å². The number of rotatable bonds is 6. The van der Waals surface area contributed by atoms with Gasteiger partial charge < -0.3 is 4.74 Å². The largest absolute Gasteiger partial charge is 0.381 e. The Balaban J connectivity index is 2.14. The SMILES string of the molecule is CCOCCSc1nc2ccccc2c(=O)n1-c1ccc(F)c(Cl)c1. The Morgan fingerprint density at radius 1 is 1.28 bits per heavy atom. The summed E-state index contributed by atoms with van der Waals surface area (Å²) in [6, 6.07) is 11.3. The molecule has 1 aromatic heterocycles. The summed E-state index contributed by atoms with van der Waals surface area (Å²) in [6.07, 6.45) is 0. The van der Waals surface area contributed by atoms with Gasteiger partial charge in [-0.2, -0.15) is 0 Å². The van der Waals surface area contributed by atoms with Crippen LogP contribution in [0.15, 0.2) is 52.4 Å². The molecule has 7 heteroatoms. The van der Waals surface area contributed by atoms with Crippen molar-refractivity contribution in [3.63, 3.8) is 0 Å². The van der Waals surface area contributed by atoms with Crippen molar-refractivity contribution in [3.8, 4) is 5.69 Å². The third kappa shape index (κ3) is 3.86. The first-order valence-electron chi connectivity index (χ1n) is 7.79. The second-order valence-electron chi connectivity index (χ2n) is 5.20. The number of hydrogen-bond donors (Lipinski definition) is 0. The molecule has 0 aliphatic carbocycles. The van der Waals surface area contributed by atoms with E-state index in [4.69, 9.17) is 16.3 Å². The standard InChI is InChI=1S/C18H16ClFN2O2S/c1-2-24-9-10-25-18-21-16-6-4-3-5-13(16)17(23)22(18)12-7-8-15(20)14(19)11-12/h3-8,11H,2,9-10H2,1H3. The Kier molecular flexibility index (Phi) is 5.73. The highest BCUT2D eigenvalue weighted by molar-refractivity contribution is 7.99. The summed E-state index contributed by atoms with van der Waals surface area (Å²) in [4.78, 5) is 17.6. The molecule has 0 spiro atoms. The molecule has 3 aromatic rings. The number of aromatic nitrogens is 2. The van der Waals surface area contributed by atoms with Gasteiger partial charge in [-0.15, -0.1) is 0 Å². The molecule has 0 unspecified atom stereocenters. The van der Waals surface area contributed by atoms with Crippen molar-refractivity contribution >= 4 is 34.3 Å². The quantitative estimate of drug-likeness (QED) is 0.364. The van der Waals surface area contributed by atoms with Crippen molar-refractivity contribution in [1.29, 1.82) is 0 Å². The average molecular weight is 379 g/mol. The molecule has 0 amide bonds. The van der Waals surface area contributed by atoms with E-state index in [2.05, 4.69) is 4.98 Å². The zero-order valence-corrected chi connectivity index (χ0v) is 15.1. The van der Waals surface area contributed by atoms with Crippen LogP contribution in [-0.2, 0) is 4.74 Å². The maximum atomic E-state index is 13.5. The molecule has 0 bridgehead atoms. The topological polar surface area (TPSA) is 44.1 Å². The van der Waals surface area contributed by atoms with Crippen molar-refractivity contribution < 1.29 is 9.13 Å². The predicted molar refractivity (Wildman–Crippen MR) is 99.5 cm³/mol. The van der Waals surface area contributed by atoms with Gasteiger partial charge in [0.1, 0.15) is 5.82 Å². The average Bonchev–Trinajstić information content (AvgIpc) is 2.62. The van der Waals surface area contributed by atoms with Crippen LogP contribution in [-0.4, -0.2) is 28.5 Å². The normalized spacial score (nSPS) is 11.2. The van der Waals surface area contributed by atoms with Crippen molar-refractivity contribution in [1.82, 2.24) is 9.55 Å². The van der Waals surface area contributed by atoms with E-state index in [1.165, 1.54) is 34.5 Å². The van der Waals surface area contributed by atoms with E-state index in [1.54, 1.807) is 18.2 Å². The predicted octanol–water partition coefficient (Wildman–Crippen LogP) is 4.31. The zero-order valence-electron chi connectivity index (χ0n) is 13.5. The Labute approximate surface area is 153 Å². The minimum Gasteiger partial charge on any atom is -0.381 e. The van der Waals surface area contributed by atoms with Gasteiger partial charge in [0.15, 0.2) is 5.16 Å². The highest BCUT2D eigenvalue weighted by Crippen LogP contribution is 2.24. The van der Waals surface area contributed by atoms with E-state index >= 15 is 0 Å². The van der Waals surface area contributed by atoms with Crippen LogP contribution in [0.25, 0.3) is 16.6 Å². The minimum absolute atomic E-state index is 0.0391. The van der Waals surface area contributed by atoms with Crippen LogP contribution in [0.4, 0.5) is 4.39 Å². The Hall–Kier alpha value is -1.89. The lowest BCUT2D eigenvalue weighted by Crippen LogP contribution is -2.22. The number of para-hydroxylation sites is 1. The molecule has 3 rings (SSSR count). The Morgan fingerprint density at radius 2 is 2.08 bits per heavy atom. The second kappa shape index (κ2) is 7.99. The summed E-state index contributed by atoms with van der Waals surface area (Å²) in [5.41, 5.74) is 0.886. The van der Waals surface area contributed by atoms with Gasteiger partial charge in [0.2, 0.25) is 0 Å². The van der Waals surface area contributed by atoms with Gasteiger partial charge in [0.05, 0.1) is 28.2 Å². The van der Waals surface area contributed by atoms with Crippen LogP contribution in [0.1, 0.15) is 6.92 Å². The molecule has 4 nitrogen and oxygen atoms in total. The third-order valence-electron chi connectivity index (χ3n) is 3.57. The molecule has 0 N–H and O–H groups in total. The fraction of sp³-hybridized carbons (Fsp3) is 0.222. The number of fused-ring (bicyclic) bond motifs is 1. The van der Waals surface area contributed by atoms with Crippen LogP contribution in [0.5, 0.6) is 0 Å². The van der Waals surface area contributed by atoms with E-state index in [-0.39, 0.29) is 10.6 Å². The molecular weight excluding hydrogens is 363 g/mol. The van der Waals surface area contributed by atoms with Crippen LogP contribution in [0, 0.1) is 5.82 Å². The minimum atomic E-state index is -0.530. The van der Waals surface area contributed by atoms with Crippen LogP contribution >= 0.6 is 23.4 Å². The summed E-state index contributed by atoms with van der Waals surface area (Å²) in [5, 5.41) is 0.978. The van der Waals surface area contributed by atoms with E-state index in [9.17, 15) is 9.18 Å². The first kappa shape index (κ1) is 17.9. The fourth-order valence-electron chi connectivity index (χ4n) is 2.40. The van der Waals surface area contributed by atoms with Crippen LogP contribution in [0.2, 0.25) is 5.02 Å². The van der Waals surface area contributed by atoms with Crippen molar-refractivity contribution in [2.45, 2.75) is 12.1 Å². The van der Waals surface area contributed by atoms with Crippen molar-refractivity contribution in [2.24, 2.45) is 0 Å². The smallest absolute Gasteiger partial charge is 0.266 e. The number of ether oxygens (including phenoxy) is 1. The van der Waals surface area contributed by atoms with Crippen molar-refractivity contribution in [3.05, 3.63) is 63.7 Å². The molecule has 0 radical (unpaired) electrons. The lowest BCUT2D eigenvalue weighted by atomic mass is 10.2. The Morgan fingerprint density at radius 3 is 2.84 bits per heavy atom. The second-order valence-corrected chi connectivity index (χ2v) is 6.67. The van der Waals surface area contributed by atoms with Gasteiger partial charge in [0.25, 0.3) is 5.56 Å². The third-order valence-corrected chi connectivity index (χ3v) is 4.76. The molecule has 0 atom stereocenters. The maximum Gasteiger partial charge on any atom is 0.266 e. The van der Waals surface area contributed by atoms with E-state index < -0.39 is 5.82 Å². The molecule has 0 aliphatic heterocycles. The van der Waals surface area contributed by atoms with Gasteiger partial charge in [-0.25, -0.2) is 9.37 Å². The number of benzene rings is 2. The summed E-state index contributed by atoms with van der Waals surface area (Å²) < 4.78 is 20.3. The molecule has 0 saturated carbocycles. The van der Waals surface area contributed by atoms with Gasteiger partial charge >= 0.3 is 0 Å². The zero-order chi connectivity index (χ0) is 17.8. The van der Waals surface area contributed by atoms with Gasteiger partial charge in [0, 0.05) is 12.4 Å². The molecular formula is C18H16ClFN2O2S. The van der Waals surface area contributed by atoms with Gasteiger partial charge in [-0.1, -0.05) is 35.5 Å². The summed E-state index contributed by atoms with van der Waals surface area (Å²) in [6.45, 7) is 3.11. The highest BCUT2D eigenvalue weighted by atomic mass is 35.5. The molecule has 0 fully saturated rings. The monoisotopic (exact) mass is 378 g/mol. The molecule has 130 valence electrons. The summed E-state index contributed by atoms with van der Waals surface area (Å²) >= 11 is 7.31. The number of nitrogens with zero attached hydrogens (tertiary/aromatic N) is 2. The number of halogens is 2. The van der Waals surface area contributed by atoms with E-state index in [1.807, 2.05) is 13.0 Å². The van der Waals surface area contributed by atoms with E-state index in [0.717, 1.165) is 0 Å². The first-order valence-corrected chi connectivity index (χ1v) is 9.16. The van der Waals surface area contributed by atoms with E-state index in [0.29, 0.717) is 40.7 Å². The van der Waals surface area contributed by atoms with Crippen LogP contribution < -0.4 is 5.56 Å². The summed E-state index contributed by atoms with van der Waals surface area (Å²) in [5.74, 6) is 0.117. The molecule has 25 heavy (non-hydrogen) atoms. The highest BCUT2D eigenvalue weighted by Gasteiger charge is 2.14. The lowest BCUT2D eigenvalue weighted by molar-refractivity contribution is 0.164. The lowest BCUT2D eigenvalue weighted by Gasteiger charge is -2.13. The molecule has 0 saturated heterocycles. The van der Waals surface area contributed by atoms with Gasteiger partial charge in [-0.05, 0) is 37.3 Å². The molecule has 2 aromatic carbocycles. The molecule has 0 aliphatic rings. The first-order chi connectivity index (χ1) is 12.1. The Bertz CT molecular complexity index is 961. The fourth-order valence-corrected chi connectivity index (χ4v) is 3.44. The van der Waals surface area contributed by atoms with Crippen molar-refractivity contribution in [2.75, 3.05) is 19.0 Å². The van der Waals surface area contributed by atoms with Crippen LogP contribution in [0.3, 0.4) is 0 Å². The number of hydrogen-bond acceptors (Lipinski definition) is 4. The molecule has 1 heterocycles. The summed E-state index contributed by atoms with van der Waals surface area (Å²) in [7, 11) is 0. The number of thioether (sulfide) groups is 1.